The predicted molar refractivity (Wildman–Crippen MR) is 65.1 cm³/mol. The molecule has 2 heterocycles. The molecule has 0 saturated heterocycles. The van der Waals surface area contributed by atoms with Crippen molar-refractivity contribution < 1.29 is 4.84 Å². The first-order valence-electron chi connectivity index (χ1n) is 4.77. The van der Waals surface area contributed by atoms with Crippen molar-refractivity contribution in [1.29, 1.82) is 0 Å². The van der Waals surface area contributed by atoms with E-state index in [0.717, 1.165) is 15.2 Å². The van der Waals surface area contributed by atoms with Crippen molar-refractivity contribution in [2.75, 3.05) is 11.3 Å². The van der Waals surface area contributed by atoms with E-state index in [9.17, 15) is 0 Å². The normalized spacial score (nSPS) is 14.2. The molecule has 2 aromatic rings. The first-order valence-corrected chi connectivity index (χ1v) is 6.81. The molecule has 0 radical (unpaired) electrons. The molecule has 6 heteroatoms. The molecule has 1 aromatic heterocycles. The lowest BCUT2D eigenvalue weighted by Gasteiger charge is -2.12. The Bertz CT molecular complexity index is 514. The van der Waals surface area contributed by atoms with Crippen molar-refractivity contribution in [3.63, 3.8) is 0 Å². The van der Waals surface area contributed by atoms with E-state index >= 15 is 0 Å². The van der Waals surface area contributed by atoms with Crippen molar-refractivity contribution in [2.24, 2.45) is 0 Å². The van der Waals surface area contributed by atoms with E-state index in [2.05, 4.69) is 16.3 Å². The van der Waals surface area contributed by atoms with Crippen molar-refractivity contribution >= 4 is 33.9 Å². The fourth-order valence-corrected chi connectivity index (χ4v) is 2.79. The summed E-state index contributed by atoms with van der Waals surface area (Å²) >= 11 is 3.13. The highest BCUT2D eigenvalue weighted by Gasteiger charge is 2.24. The maximum absolute atomic E-state index is 5.60. The smallest absolute Gasteiger partial charge is 0.237 e. The largest absolute Gasteiger partial charge is 0.261 e. The number of benzene rings is 1. The molecule has 3 rings (SSSR count). The molecular weight excluding hydrogens is 242 g/mol. The summed E-state index contributed by atoms with van der Waals surface area (Å²) in [5, 5.41) is 10.7. The van der Waals surface area contributed by atoms with Crippen LogP contribution in [0.25, 0.3) is 0 Å². The molecule has 0 unspecified atom stereocenters. The van der Waals surface area contributed by atoms with Gasteiger partial charge in [0.05, 0.1) is 5.69 Å². The quantitative estimate of drug-likeness (QED) is 0.767. The number of rotatable bonds is 2. The highest BCUT2D eigenvalue weighted by Crippen LogP contribution is 2.37. The van der Waals surface area contributed by atoms with E-state index in [4.69, 9.17) is 4.84 Å². The monoisotopic (exact) mass is 251 g/mol. The van der Waals surface area contributed by atoms with Crippen LogP contribution in [0.2, 0.25) is 0 Å². The van der Waals surface area contributed by atoms with Crippen molar-refractivity contribution in [2.45, 2.75) is 10.9 Å². The van der Waals surface area contributed by atoms with E-state index < -0.39 is 0 Å². The Balaban J connectivity index is 1.98. The van der Waals surface area contributed by atoms with Crippen LogP contribution in [0, 0.1) is 0 Å². The number of aromatic nitrogens is 2. The summed E-state index contributed by atoms with van der Waals surface area (Å²) in [4.78, 5) is 5.60. The molecular formula is C10H9N3OS2. The maximum atomic E-state index is 5.60. The summed E-state index contributed by atoms with van der Waals surface area (Å²) in [6.45, 7) is 0.602. The predicted octanol–water partition coefficient (Wildman–Crippen LogP) is 2.84. The maximum Gasteiger partial charge on any atom is 0.237 e. The van der Waals surface area contributed by atoms with Crippen LogP contribution in [-0.2, 0) is 11.4 Å². The van der Waals surface area contributed by atoms with Crippen molar-refractivity contribution in [1.82, 2.24) is 10.2 Å². The fourth-order valence-electron chi connectivity index (χ4n) is 1.56. The summed E-state index contributed by atoms with van der Waals surface area (Å²) in [6, 6.07) is 8.10. The van der Waals surface area contributed by atoms with Gasteiger partial charge in [-0.05, 0) is 12.3 Å². The van der Waals surface area contributed by atoms with Gasteiger partial charge in [0.15, 0.2) is 4.34 Å². The van der Waals surface area contributed by atoms with Gasteiger partial charge in [0, 0.05) is 5.56 Å². The molecule has 0 amide bonds. The Morgan fingerprint density at radius 1 is 1.38 bits per heavy atom. The van der Waals surface area contributed by atoms with Gasteiger partial charge in [0.1, 0.15) is 6.61 Å². The molecule has 1 aromatic carbocycles. The minimum absolute atomic E-state index is 0.602. The van der Waals surface area contributed by atoms with Crippen LogP contribution in [0.5, 0.6) is 0 Å². The SMILES string of the molecule is CSc1nnc(N2OCc3ccccc32)s1. The van der Waals surface area contributed by atoms with Gasteiger partial charge in [-0.3, -0.25) is 4.84 Å². The second-order valence-corrected chi connectivity index (χ2v) is 5.26. The fraction of sp³-hybridized carbons (Fsp3) is 0.200. The van der Waals surface area contributed by atoms with Crippen LogP contribution in [0.15, 0.2) is 28.6 Å². The summed E-state index contributed by atoms with van der Waals surface area (Å²) in [5.41, 5.74) is 2.25. The second-order valence-electron chi connectivity index (χ2n) is 3.25. The van der Waals surface area contributed by atoms with E-state index in [1.807, 2.05) is 24.5 Å². The van der Waals surface area contributed by atoms with Gasteiger partial charge < -0.3 is 0 Å². The zero-order valence-corrected chi connectivity index (χ0v) is 10.2. The minimum atomic E-state index is 0.602. The van der Waals surface area contributed by atoms with E-state index in [1.54, 1.807) is 16.8 Å². The molecule has 0 saturated carbocycles. The molecule has 0 atom stereocenters. The van der Waals surface area contributed by atoms with Gasteiger partial charge in [-0.25, -0.2) is 0 Å². The third kappa shape index (κ3) is 1.59. The Hall–Kier alpha value is -1.11. The molecule has 1 aliphatic heterocycles. The lowest BCUT2D eigenvalue weighted by molar-refractivity contribution is 0.145. The number of para-hydroxylation sites is 1. The van der Waals surface area contributed by atoms with Crippen LogP contribution < -0.4 is 5.06 Å². The number of fused-ring (bicyclic) bond motifs is 1. The third-order valence-electron chi connectivity index (χ3n) is 2.30. The Labute approximate surface area is 101 Å². The standard InChI is InChI=1S/C10H9N3OS2/c1-15-10-12-11-9(16-10)13-8-5-3-2-4-7(8)6-14-13/h2-5H,6H2,1H3. The molecule has 1 aliphatic rings. The highest BCUT2D eigenvalue weighted by molar-refractivity contribution is 8.00. The van der Waals surface area contributed by atoms with E-state index in [-0.39, 0.29) is 0 Å². The summed E-state index contributed by atoms with van der Waals surface area (Å²) < 4.78 is 0.947. The average Bonchev–Trinajstić information content (AvgIpc) is 2.94. The zero-order chi connectivity index (χ0) is 11.0. The highest BCUT2D eigenvalue weighted by atomic mass is 32.2. The molecule has 0 spiro atoms. The molecule has 16 heavy (non-hydrogen) atoms. The van der Waals surface area contributed by atoms with Crippen molar-refractivity contribution in [3.8, 4) is 0 Å². The molecule has 0 aliphatic carbocycles. The van der Waals surface area contributed by atoms with Gasteiger partial charge in [-0.2, -0.15) is 5.06 Å². The van der Waals surface area contributed by atoms with Crippen molar-refractivity contribution in [3.05, 3.63) is 29.8 Å². The van der Waals surface area contributed by atoms with Crippen LogP contribution in [0.1, 0.15) is 5.56 Å². The number of thioether (sulfide) groups is 1. The van der Waals surface area contributed by atoms with Gasteiger partial charge in [-0.15, -0.1) is 10.2 Å². The molecule has 0 N–H and O–H groups in total. The molecule has 0 fully saturated rings. The third-order valence-corrected chi connectivity index (χ3v) is 4.17. The number of anilines is 2. The average molecular weight is 251 g/mol. The van der Waals surface area contributed by atoms with Crippen LogP contribution in [-0.4, -0.2) is 16.5 Å². The molecule has 0 bridgehead atoms. The Kier molecular flexibility index (Phi) is 2.55. The second kappa shape index (κ2) is 4.04. The summed E-state index contributed by atoms with van der Waals surface area (Å²) in [6.07, 6.45) is 1.99. The van der Waals surface area contributed by atoms with Gasteiger partial charge in [-0.1, -0.05) is 41.3 Å². The number of hydrogen-bond donors (Lipinski definition) is 0. The number of nitrogens with zero attached hydrogens (tertiary/aromatic N) is 3. The Morgan fingerprint density at radius 2 is 2.25 bits per heavy atom. The van der Waals surface area contributed by atoms with Crippen LogP contribution >= 0.6 is 23.1 Å². The molecule has 4 nitrogen and oxygen atoms in total. The Morgan fingerprint density at radius 3 is 3.06 bits per heavy atom. The minimum Gasteiger partial charge on any atom is -0.261 e. The topological polar surface area (TPSA) is 38.2 Å². The first-order chi connectivity index (χ1) is 7.88. The summed E-state index contributed by atoms with van der Waals surface area (Å²) in [7, 11) is 0. The van der Waals surface area contributed by atoms with Gasteiger partial charge in [0.25, 0.3) is 0 Å². The summed E-state index contributed by atoms with van der Waals surface area (Å²) in [5.74, 6) is 0. The first kappa shape index (κ1) is 10.1. The lowest BCUT2D eigenvalue weighted by atomic mass is 10.2. The molecule has 82 valence electrons. The van der Waals surface area contributed by atoms with Crippen LogP contribution in [0.4, 0.5) is 10.8 Å². The van der Waals surface area contributed by atoms with Gasteiger partial charge >= 0.3 is 0 Å². The van der Waals surface area contributed by atoms with Gasteiger partial charge in [0.2, 0.25) is 5.13 Å². The van der Waals surface area contributed by atoms with E-state index in [0.29, 0.717) is 6.61 Å². The lowest BCUT2D eigenvalue weighted by Crippen LogP contribution is -2.10. The zero-order valence-electron chi connectivity index (χ0n) is 8.58. The van der Waals surface area contributed by atoms with Crippen LogP contribution in [0.3, 0.4) is 0 Å². The van der Waals surface area contributed by atoms with E-state index in [1.165, 1.54) is 16.9 Å². The number of hydrogen-bond acceptors (Lipinski definition) is 6.